The first-order chi connectivity index (χ1) is 7.27. The fraction of sp³-hybridized carbons (Fsp3) is 0.667. The van der Waals surface area contributed by atoms with Gasteiger partial charge >= 0.3 is 0 Å². The molecule has 0 fully saturated rings. The molecular formula is C9H16O. The number of hydrogen-bond donors (Lipinski definition) is 0. The summed E-state index contributed by atoms with van der Waals surface area (Å²) in [5.41, 5.74) is 0. The van der Waals surface area contributed by atoms with Crippen molar-refractivity contribution in [1.82, 2.24) is 0 Å². The summed E-state index contributed by atoms with van der Waals surface area (Å²) in [6, 6.07) is 0. The molecule has 58 valence electrons. The van der Waals surface area contributed by atoms with Crippen LogP contribution in [-0.4, -0.2) is 6.29 Å². The summed E-state index contributed by atoms with van der Waals surface area (Å²) in [4.78, 5) is 10.0. The monoisotopic (exact) mass is 146 g/mol. The number of carbonyl (C=O) groups excluding carboxylic acids is 1. The zero-order valence-electron chi connectivity index (χ0n) is 11.8. The van der Waals surface area contributed by atoms with Crippen LogP contribution in [0.15, 0.2) is 12.2 Å². The number of hydrogen-bond acceptors (Lipinski definition) is 1. The molecule has 1 unspecified atom stereocenters. The van der Waals surface area contributed by atoms with Crippen LogP contribution in [0.1, 0.15) is 47.1 Å². The number of aldehydes is 1. The van der Waals surface area contributed by atoms with Gasteiger partial charge in [-0.15, -0.1) is 0 Å². The highest BCUT2D eigenvalue weighted by molar-refractivity contribution is 5.64. The predicted molar refractivity (Wildman–Crippen MR) is 44.0 cm³/mol. The van der Waals surface area contributed by atoms with Crippen LogP contribution >= 0.6 is 0 Å². The zero-order valence-corrected chi connectivity index (χ0v) is 5.84. The zero-order chi connectivity index (χ0) is 12.8. The molecule has 0 bridgehead atoms. The number of rotatable bonds is 6. The Kier molecular flexibility index (Phi) is 2.70. The van der Waals surface area contributed by atoms with Crippen molar-refractivity contribution in [2.24, 2.45) is 0 Å². The summed E-state index contributed by atoms with van der Waals surface area (Å²) in [5, 5.41) is 0. The minimum Gasteiger partial charge on any atom is -0.299 e. The second-order valence-corrected chi connectivity index (χ2v) is 1.61. The molecule has 0 aromatic heterocycles. The maximum atomic E-state index is 10.0. The van der Waals surface area contributed by atoms with Crippen LogP contribution < -0.4 is 0 Å². The van der Waals surface area contributed by atoms with E-state index in [0.29, 0.717) is 6.29 Å². The van der Waals surface area contributed by atoms with Crippen LogP contribution in [0.3, 0.4) is 0 Å². The van der Waals surface area contributed by atoms with Crippen molar-refractivity contribution in [3.63, 3.8) is 0 Å². The van der Waals surface area contributed by atoms with E-state index >= 15 is 0 Å². The Hall–Kier alpha value is -0.590. The van der Waals surface area contributed by atoms with Gasteiger partial charge in [-0.3, -0.25) is 4.79 Å². The molecular weight excluding hydrogens is 124 g/mol. The van der Waals surface area contributed by atoms with Crippen molar-refractivity contribution in [3.8, 4) is 0 Å². The molecule has 0 heterocycles. The molecule has 0 aliphatic carbocycles. The lowest BCUT2D eigenvalue weighted by Gasteiger charge is -1.92. The van der Waals surface area contributed by atoms with E-state index in [2.05, 4.69) is 0 Å². The fourth-order valence-corrected chi connectivity index (χ4v) is 0.399. The molecule has 0 aromatic rings. The van der Waals surface area contributed by atoms with E-state index in [4.69, 9.17) is 8.22 Å². The van der Waals surface area contributed by atoms with Gasteiger partial charge in [-0.2, -0.15) is 0 Å². The lowest BCUT2D eigenvalue weighted by Crippen LogP contribution is -1.73. The van der Waals surface area contributed by atoms with Crippen LogP contribution in [0, 0.1) is 0 Å². The molecule has 1 nitrogen and oxygen atoms in total. The van der Waals surface area contributed by atoms with Crippen molar-refractivity contribution in [1.29, 1.82) is 0 Å². The Morgan fingerprint density at radius 2 is 2.50 bits per heavy atom. The molecule has 0 aliphatic rings. The fourth-order valence-electron chi connectivity index (χ4n) is 0.399. The van der Waals surface area contributed by atoms with Crippen LogP contribution in [0.25, 0.3) is 0 Å². The number of carbonyl (C=O) groups is 1. The topological polar surface area (TPSA) is 17.1 Å². The van der Waals surface area contributed by atoms with Gasteiger partial charge in [0.05, 0.1) is 0 Å². The smallest absolute Gasteiger partial charge is 0.142 e. The third-order valence-corrected chi connectivity index (χ3v) is 0.806. The minimum absolute atomic E-state index is 0.219. The quantitative estimate of drug-likeness (QED) is 0.416. The summed E-state index contributed by atoms with van der Waals surface area (Å²) in [6.45, 7) is -0.250. The first kappa shape index (κ1) is 3.21. The summed E-state index contributed by atoms with van der Waals surface area (Å²) in [5.74, 6) is 0. The van der Waals surface area contributed by atoms with Crippen molar-refractivity contribution >= 4 is 6.29 Å². The van der Waals surface area contributed by atoms with Gasteiger partial charge in [-0.05, 0) is 18.9 Å². The number of allylic oxidation sites excluding steroid dienone is 2. The van der Waals surface area contributed by atoms with E-state index < -0.39 is 19.1 Å². The van der Waals surface area contributed by atoms with Gasteiger partial charge < -0.3 is 0 Å². The van der Waals surface area contributed by atoms with Gasteiger partial charge in [0.1, 0.15) is 6.29 Å². The van der Waals surface area contributed by atoms with Crippen LogP contribution in [0.2, 0.25) is 0 Å². The molecule has 0 saturated carbocycles. The molecule has 10 heavy (non-hydrogen) atoms. The van der Waals surface area contributed by atoms with Crippen molar-refractivity contribution in [2.45, 2.75) is 38.9 Å². The average Bonchev–Trinajstić information content (AvgIpc) is 2.17. The summed E-state index contributed by atoms with van der Waals surface area (Å²) >= 11 is 0. The van der Waals surface area contributed by atoms with Crippen molar-refractivity contribution < 1.29 is 13.0 Å². The van der Waals surface area contributed by atoms with Crippen molar-refractivity contribution in [3.05, 3.63) is 12.2 Å². The van der Waals surface area contributed by atoms with Crippen molar-refractivity contribution in [2.75, 3.05) is 0 Å². The maximum Gasteiger partial charge on any atom is 0.142 e. The van der Waals surface area contributed by atoms with Crippen LogP contribution in [0.5, 0.6) is 0 Å². The van der Waals surface area contributed by atoms with Crippen LogP contribution in [0.4, 0.5) is 0 Å². The SMILES string of the molecule is [2H]CC([2H])CC([2H])([2H])C([2H])([2H])C/C=C/C=O. The second kappa shape index (κ2) is 8.41. The van der Waals surface area contributed by atoms with E-state index in [1.165, 1.54) is 6.08 Å². The molecule has 0 aliphatic heterocycles. The average molecular weight is 146 g/mol. The maximum absolute atomic E-state index is 10.0. The van der Waals surface area contributed by atoms with E-state index in [0.717, 1.165) is 6.08 Å². The summed E-state index contributed by atoms with van der Waals surface area (Å²) < 4.78 is 44.5. The Balaban J connectivity index is 4.56. The lowest BCUT2D eigenvalue weighted by atomic mass is 10.1. The van der Waals surface area contributed by atoms with E-state index in [1.54, 1.807) is 0 Å². The van der Waals surface area contributed by atoms with E-state index in [1.807, 2.05) is 0 Å². The minimum atomic E-state index is -2.17. The molecule has 0 spiro atoms. The highest BCUT2D eigenvalue weighted by atomic mass is 16.1. The van der Waals surface area contributed by atoms with Gasteiger partial charge in [-0.1, -0.05) is 32.2 Å². The molecule has 0 amide bonds. The van der Waals surface area contributed by atoms with Crippen LogP contribution in [-0.2, 0) is 4.79 Å². The highest BCUT2D eigenvalue weighted by Crippen LogP contribution is 2.02. The summed E-state index contributed by atoms with van der Waals surface area (Å²) in [6.07, 6.45) is -2.89. The third kappa shape index (κ3) is 7.41. The molecule has 1 atom stereocenters. The van der Waals surface area contributed by atoms with Gasteiger partial charge in [0.25, 0.3) is 0 Å². The Bertz CT molecular complexity index is 250. The first-order valence-corrected chi connectivity index (χ1v) is 3.08. The normalized spacial score (nSPS) is 25.2. The largest absolute Gasteiger partial charge is 0.299 e. The molecule has 0 rings (SSSR count). The Morgan fingerprint density at radius 1 is 1.60 bits per heavy atom. The lowest BCUT2D eigenvalue weighted by molar-refractivity contribution is -0.104. The van der Waals surface area contributed by atoms with Gasteiger partial charge in [0, 0.05) is 8.22 Å². The standard InChI is InChI=1S/C9H16O/c1-2-3-4-5-6-7-8-9-10/h7-9H,2-6H2,1H3/b8-7+/i1D,2D,4D2,5D2. The second-order valence-electron chi connectivity index (χ2n) is 1.61. The third-order valence-electron chi connectivity index (χ3n) is 0.806. The summed E-state index contributed by atoms with van der Waals surface area (Å²) in [7, 11) is 0. The Labute approximate surface area is 71.6 Å². The molecule has 0 N–H and O–H groups in total. The van der Waals surface area contributed by atoms with E-state index in [9.17, 15) is 4.79 Å². The Morgan fingerprint density at radius 3 is 3.20 bits per heavy atom. The molecule has 0 radical (unpaired) electrons. The van der Waals surface area contributed by atoms with E-state index in [-0.39, 0.29) is 19.7 Å². The first-order valence-electron chi connectivity index (χ1n) is 6.37. The van der Waals surface area contributed by atoms with Gasteiger partial charge in [-0.25, -0.2) is 0 Å². The molecule has 0 aromatic carbocycles. The highest BCUT2D eigenvalue weighted by Gasteiger charge is 1.82. The molecule has 0 saturated heterocycles. The predicted octanol–water partition coefficient (Wildman–Crippen LogP) is 2.71. The van der Waals surface area contributed by atoms with Gasteiger partial charge in [0.15, 0.2) is 0 Å². The molecule has 1 heteroatoms. The van der Waals surface area contributed by atoms with Gasteiger partial charge in [0.2, 0.25) is 0 Å².